The van der Waals surface area contributed by atoms with E-state index in [0.717, 1.165) is 4.90 Å². The van der Waals surface area contributed by atoms with Gasteiger partial charge in [0, 0.05) is 18.2 Å². The van der Waals surface area contributed by atoms with Gasteiger partial charge in [-0.2, -0.15) is 0 Å². The summed E-state index contributed by atoms with van der Waals surface area (Å²) in [5, 5.41) is 16.0. The minimum atomic E-state index is -1.10. The minimum Gasteiger partial charge on any atom is -0.480 e. The number of rotatable bonds is 4. The van der Waals surface area contributed by atoms with Crippen LogP contribution in [0, 0.1) is 5.41 Å². The van der Waals surface area contributed by atoms with Crippen LogP contribution in [-0.4, -0.2) is 29.4 Å². The number of nitrogens with zero attached hydrogens (tertiary/aromatic N) is 1. The van der Waals surface area contributed by atoms with Crippen molar-refractivity contribution in [2.75, 3.05) is 11.4 Å². The molecule has 1 amide bonds. The second-order valence-corrected chi connectivity index (χ2v) is 3.46. The molecule has 6 heteroatoms. The number of nitrogens with one attached hydrogen (secondary N) is 1. The first-order chi connectivity index (χ1) is 7.91. The van der Waals surface area contributed by atoms with Gasteiger partial charge in [-0.25, -0.2) is 0 Å². The molecule has 0 saturated heterocycles. The zero-order chi connectivity index (χ0) is 13.0. The van der Waals surface area contributed by atoms with Crippen LogP contribution in [0.2, 0.25) is 0 Å². The summed E-state index contributed by atoms with van der Waals surface area (Å²) in [7, 11) is 0. The molecule has 0 spiro atoms. The molecule has 0 aliphatic carbocycles. The monoisotopic (exact) mass is 235 g/mol. The molecule has 1 aromatic rings. The highest BCUT2D eigenvalue weighted by atomic mass is 16.4. The zero-order valence-corrected chi connectivity index (χ0v) is 9.30. The Balaban J connectivity index is 3.10. The van der Waals surface area contributed by atoms with Gasteiger partial charge in [0.05, 0.1) is 0 Å². The second-order valence-electron chi connectivity index (χ2n) is 3.46. The molecule has 0 aliphatic rings. The Morgan fingerprint density at radius 2 is 2.12 bits per heavy atom. The largest absolute Gasteiger partial charge is 0.480 e. The van der Waals surface area contributed by atoms with Crippen molar-refractivity contribution < 1.29 is 14.7 Å². The molecule has 0 fully saturated rings. The van der Waals surface area contributed by atoms with Crippen LogP contribution in [-0.2, 0) is 9.59 Å². The fourth-order valence-corrected chi connectivity index (χ4v) is 1.36. The molecular weight excluding hydrogens is 222 g/mol. The first kappa shape index (κ1) is 12.7. The van der Waals surface area contributed by atoms with Gasteiger partial charge in [-0.15, -0.1) is 0 Å². The van der Waals surface area contributed by atoms with E-state index in [1.165, 1.54) is 13.0 Å². The lowest BCUT2D eigenvalue weighted by molar-refractivity contribution is -0.136. The van der Waals surface area contributed by atoms with Crippen molar-refractivity contribution in [3.8, 4) is 0 Å². The molecule has 90 valence electrons. The van der Waals surface area contributed by atoms with Crippen LogP contribution in [0.4, 0.5) is 5.69 Å². The number of amides is 1. The molecule has 17 heavy (non-hydrogen) atoms. The van der Waals surface area contributed by atoms with Gasteiger partial charge in [-0.05, 0) is 12.1 Å². The summed E-state index contributed by atoms with van der Waals surface area (Å²) in [5.74, 6) is -1.62. The van der Waals surface area contributed by atoms with Gasteiger partial charge in [-0.1, -0.05) is 12.1 Å². The van der Waals surface area contributed by atoms with Gasteiger partial charge in [0.2, 0.25) is 5.91 Å². The van der Waals surface area contributed by atoms with Crippen molar-refractivity contribution in [1.29, 1.82) is 5.41 Å². The fraction of sp³-hybridized carbons (Fsp3) is 0.182. The predicted octanol–water partition coefficient (Wildman–Crippen LogP) is 0.408. The zero-order valence-electron chi connectivity index (χ0n) is 9.30. The number of hydrogen-bond donors (Lipinski definition) is 3. The molecule has 0 aliphatic heterocycles. The lowest BCUT2D eigenvalue weighted by atomic mass is 10.1. The second kappa shape index (κ2) is 5.11. The topological polar surface area (TPSA) is 107 Å². The SMILES string of the molecule is CC(=O)N(CC(=O)O)c1cccc(C(=N)N)c1. The first-order valence-electron chi connectivity index (χ1n) is 4.86. The number of carboxylic acids is 1. The van der Waals surface area contributed by atoms with Crippen LogP contribution < -0.4 is 10.6 Å². The average Bonchev–Trinajstić information content (AvgIpc) is 2.25. The van der Waals surface area contributed by atoms with E-state index >= 15 is 0 Å². The van der Waals surface area contributed by atoms with Crippen molar-refractivity contribution in [3.63, 3.8) is 0 Å². The van der Waals surface area contributed by atoms with Gasteiger partial charge < -0.3 is 15.7 Å². The van der Waals surface area contributed by atoms with Gasteiger partial charge >= 0.3 is 5.97 Å². The van der Waals surface area contributed by atoms with E-state index in [1.807, 2.05) is 0 Å². The summed E-state index contributed by atoms with van der Waals surface area (Å²) in [6, 6.07) is 6.33. The fourth-order valence-electron chi connectivity index (χ4n) is 1.36. The predicted molar refractivity (Wildman–Crippen MR) is 63.1 cm³/mol. The summed E-state index contributed by atoms with van der Waals surface area (Å²) in [6.45, 7) is 0.861. The highest BCUT2D eigenvalue weighted by molar-refractivity contribution is 5.99. The highest BCUT2D eigenvalue weighted by Crippen LogP contribution is 2.16. The third-order valence-corrected chi connectivity index (χ3v) is 2.14. The standard InChI is InChI=1S/C11H13N3O3/c1-7(15)14(6-10(16)17)9-4-2-3-8(5-9)11(12)13/h2-5H,6H2,1H3,(H3,12,13)(H,16,17). The van der Waals surface area contributed by atoms with E-state index in [2.05, 4.69) is 0 Å². The molecule has 1 rings (SSSR count). The molecule has 0 atom stereocenters. The number of anilines is 1. The lowest BCUT2D eigenvalue weighted by Crippen LogP contribution is -2.34. The summed E-state index contributed by atoms with van der Waals surface area (Å²) in [5.41, 5.74) is 6.18. The Kier molecular flexibility index (Phi) is 3.82. The molecule has 0 bridgehead atoms. The summed E-state index contributed by atoms with van der Waals surface area (Å²) >= 11 is 0. The van der Waals surface area contributed by atoms with Crippen molar-refractivity contribution in [2.24, 2.45) is 5.73 Å². The Hall–Kier alpha value is -2.37. The van der Waals surface area contributed by atoms with E-state index in [9.17, 15) is 9.59 Å². The number of carbonyl (C=O) groups is 2. The molecular formula is C11H13N3O3. The quantitative estimate of drug-likeness (QED) is 0.518. The number of hydrogen-bond acceptors (Lipinski definition) is 3. The normalized spacial score (nSPS) is 9.71. The number of aliphatic carboxylic acids is 1. The van der Waals surface area contributed by atoms with E-state index in [-0.39, 0.29) is 11.7 Å². The van der Waals surface area contributed by atoms with Crippen LogP contribution in [0.3, 0.4) is 0 Å². The van der Waals surface area contributed by atoms with Gasteiger partial charge in [-0.3, -0.25) is 15.0 Å². The van der Waals surface area contributed by atoms with Crippen molar-refractivity contribution in [1.82, 2.24) is 0 Å². The van der Waals surface area contributed by atoms with E-state index in [0.29, 0.717) is 11.3 Å². The van der Waals surface area contributed by atoms with E-state index in [1.54, 1.807) is 18.2 Å². The van der Waals surface area contributed by atoms with Crippen LogP contribution in [0.15, 0.2) is 24.3 Å². The minimum absolute atomic E-state index is 0.134. The van der Waals surface area contributed by atoms with Crippen molar-refractivity contribution in [3.05, 3.63) is 29.8 Å². The van der Waals surface area contributed by atoms with Crippen molar-refractivity contribution >= 4 is 23.4 Å². The number of amidine groups is 1. The molecule has 0 heterocycles. The molecule has 6 nitrogen and oxygen atoms in total. The number of benzene rings is 1. The molecule has 4 N–H and O–H groups in total. The van der Waals surface area contributed by atoms with Gasteiger partial charge in [0.25, 0.3) is 0 Å². The van der Waals surface area contributed by atoms with Crippen LogP contribution >= 0.6 is 0 Å². The molecule has 0 saturated carbocycles. The lowest BCUT2D eigenvalue weighted by Gasteiger charge is -2.19. The molecule has 1 aromatic carbocycles. The maximum atomic E-state index is 11.3. The number of nitrogens with two attached hydrogens (primary N) is 1. The average molecular weight is 235 g/mol. The number of carbonyl (C=O) groups excluding carboxylic acids is 1. The number of carboxylic acid groups (broad SMARTS) is 1. The summed E-state index contributed by atoms with van der Waals surface area (Å²) in [6.07, 6.45) is 0. The van der Waals surface area contributed by atoms with Crippen LogP contribution in [0.5, 0.6) is 0 Å². The first-order valence-corrected chi connectivity index (χ1v) is 4.86. The van der Waals surface area contributed by atoms with E-state index < -0.39 is 12.5 Å². The van der Waals surface area contributed by atoms with E-state index in [4.69, 9.17) is 16.2 Å². The Labute approximate surface area is 98.2 Å². The van der Waals surface area contributed by atoms with Crippen molar-refractivity contribution in [2.45, 2.75) is 6.92 Å². The van der Waals surface area contributed by atoms with Gasteiger partial charge in [0.1, 0.15) is 12.4 Å². The van der Waals surface area contributed by atoms with Crippen LogP contribution in [0.25, 0.3) is 0 Å². The summed E-state index contributed by atoms with van der Waals surface area (Å²) < 4.78 is 0. The van der Waals surface area contributed by atoms with Gasteiger partial charge in [0.15, 0.2) is 0 Å². The maximum absolute atomic E-state index is 11.3. The summed E-state index contributed by atoms with van der Waals surface area (Å²) in [4.78, 5) is 23.1. The smallest absolute Gasteiger partial charge is 0.323 e. The number of nitrogen functional groups attached to an aromatic ring is 1. The van der Waals surface area contributed by atoms with Crippen LogP contribution in [0.1, 0.15) is 12.5 Å². The Bertz CT molecular complexity index is 471. The molecule has 0 aromatic heterocycles. The molecule has 0 radical (unpaired) electrons. The maximum Gasteiger partial charge on any atom is 0.323 e. The Morgan fingerprint density at radius 1 is 1.47 bits per heavy atom. The highest BCUT2D eigenvalue weighted by Gasteiger charge is 2.15. The Morgan fingerprint density at radius 3 is 2.59 bits per heavy atom. The third-order valence-electron chi connectivity index (χ3n) is 2.14. The molecule has 0 unspecified atom stereocenters. The third kappa shape index (κ3) is 3.30.